The lowest BCUT2D eigenvalue weighted by Gasteiger charge is -2.11. The summed E-state index contributed by atoms with van der Waals surface area (Å²) in [4.78, 5) is 23.8. The second-order valence-electron chi connectivity index (χ2n) is 4.22. The van der Waals surface area contributed by atoms with Gasteiger partial charge in [-0.15, -0.1) is 0 Å². The van der Waals surface area contributed by atoms with Gasteiger partial charge < -0.3 is 9.47 Å². The van der Waals surface area contributed by atoms with Gasteiger partial charge in [0, 0.05) is 10.9 Å². The molecule has 0 bridgehead atoms. The van der Waals surface area contributed by atoms with Crippen LogP contribution < -0.4 is 20.3 Å². The van der Waals surface area contributed by atoms with Crippen LogP contribution in [0.5, 0.6) is 11.5 Å². The number of amides is 2. The molecular weight excluding hydrogens is 304 g/mol. The highest BCUT2D eigenvalue weighted by atomic mass is 32.1. The number of methoxy groups -OCH3 is 1. The highest BCUT2D eigenvalue weighted by Gasteiger charge is 2.12. The lowest BCUT2D eigenvalue weighted by atomic mass is 10.2. The first-order valence-corrected chi connectivity index (χ1v) is 7.53. The number of benzene rings is 1. The molecule has 2 aromatic rings. The molecule has 2 amide bonds. The van der Waals surface area contributed by atoms with Gasteiger partial charge in [0.2, 0.25) is 0 Å². The van der Waals surface area contributed by atoms with Crippen molar-refractivity contribution in [1.29, 1.82) is 0 Å². The summed E-state index contributed by atoms with van der Waals surface area (Å²) < 4.78 is 10.6. The molecule has 0 aliphatic heterocycles. The largest absolute Gasteiger partial charge is 0.493 e. The van der Waals surface area contributed by atoms with E-state index < -0.39 is 5.91 Å². The predicted octanol–water partition coefficient (Wildman–Crippen LogP) is 2.23. The van der Waals surface area contributed by atoms with E-state index >= 15 is 0 Å². The van der Waals surface area contributed by atoms with E-state index in [1.807, 2.05) is 6.92 Å². The van der Waals surface area contributed by atoms with Crippen LogP contribution in [0.25, 0.3) is 0 Å². The molecule has 6 nitrogen and oxygen atoms in total. The van der Waals surface area contributed by atoms with E-state index in [1.54, 1.807) is 35.0 Å². The zero-order chi connectivity index (χ0) is 15.9. The average molecular weight is 320 g/mol. The van der Waals surface area contributed by atoms with Crippen LogP contribution in [0.4, 0.5) is 0 Å². The van der Waals surface area contributed by atoms with E-state index in [1.165, 1.54) is 18.4 Å². The molecule has 7 heteroatoms. The van der Waals surface area contributed by atoms with Crippen molar-refractivity contribution >= 4 is 23.2 Å². The molecule has 0 radical (unpaired) electrons. The number of nitrogens with one attached hydrogen (secondary N) is 2. The average Bonchev–Trinajstić information content (AvgIpc) is 3.07. The van der Waals surface area contributed by atoms with Gasteiger partial charge in [-0.3, -0.25) is 20.4 Å². The maximum atomic E-state index is 12.0. The van der Waals surface area contributed by atoms with E-state index in [0.29, 0.717) is 29.2 Å². The van der Waals surface area contributed by atoms with Crippen LogP contribution in [0.2, 0.25) is 0 Å². The fourth-order valence-electron chi connectivity index (χ4n) is 1.74. The smallest absolute Gasteiger partial charge is 0.270 e. The molecular formula is C15H16N2O4S. The molecule has 1 aromatic carbocycles. The van der Waals surface area contributed by atoms with Gasteiger partial charge in [0.05, 0.1) is 19.3 Å². The Balaban J connectivity index is 2.01. The highest BCUT2D eigenvalue weighted by Crippen LogP contribution is 2.27. The fraction of sp³-hybridized carbons (Fsp3) is 0.200. The molecule has 0 aliphatic rings. The van der Waals surface area contributed by atoms with Crippen LogP contribution in [-0.4, -0.2) is 25.5 Å². The zero-order valence-electron chi connectivity index (χ0n) is 12.2. The van der Waals surface area contributed by atoms with E-state index in [4.69, 9.17) is 9.47 Å². The Morgan fingerprint density at radius 3 is 2.41 bits per heavy atom. The Hall–Kier alpha value is -2.54. The van der Waals surface area contributed by atoms with Gasteiger partial charge in [-0.25, -0.2) is 0 Å². The monoisotopic (exact) mass is 320 g/mol. The molecule has 0 unspecified atom stereocenters. The number of hydrazine groups is 1. The van der Waals surface area contributed by atoms with Crippen molar-refractivity contribution in [3.05, 3.63) is 46.2 Å². The van der Waals surface area contributed by atoms with Gasteiger partial charge in [0.25, 0.3) is 11.8 Å². The van der Waals surface area contributed by atoms with Crippen LogP contribution in [0.15, 0.2) is 35.0 Å². The highest BCUT2D eigenvalue weighted by molar-refractivity contribution is 7.08. The number of hydrogen-bond donors (Lipinski definition) is 2. The summed E-state index contributed by atoms with van der Waals surface area (Å²) in [5.74, 6) is 0.208. The minimum Gasteiger partial charge on any atom is -0.493 e. The molecule has 0 spiro atoms. The summed E-state index contributed by atoms with van der Waals surface area (Å²) in [7, 11) is 1.50. The number of ether oxygens (including phenoxy) is 2. The Morgan fingerprint density at radius 1 is 1.09 bits per heavy atom. The number of hydrogen-bond acceptors (Lipinski definition) is 5. The molecule has 0 fully saturated rings. The van der Waals surface area contributed by atoms with E-state index in [0.717, 1.165) is 0 Å². The molecule has 0 saturated heterocycles. The molecule has 2 rings (SSSR count). The van der Waals surface area contributed by atoms with Gasteiger partial charge in [-0.05, 0) is 36.6 Å². The molecule has 2 N–H and O–H groups in total. The molecule has 1 heterocycles. The minimum atomic E-state index is -0.440. The third kappa shape index (κ3) is 3.76. The second kappa shape index (κ2) is 7.46. The molecule has 0 aliphatic carbocycles. The minimum absolute atomic E-state index is 0.353. The Kier molecular flexibility index (Phi) is 5.37. The second-order valence-corrected chi connectivity index (χ2v) is 5.00. The van der Waals surface area contributed by atoms with Crippen LogP contribution in [0.1, 0.15) is 27.6 Å². The van der Waals surface area contributed by atoms with Gasteiger partial charge in [-0.2, -0.15) is 11.3 Å². The standard InChI is InChI=1S/C15H16N2O4S/c1-3-21-12-5-4-10(8-13(12)20-2)14(18)16-17-15(19)11-6-7-22-9-11/h4-9H,3H2,1-2H3,(H,16,18)(H,17,19). The van der Waals surface area contributed by atoms with Gasteiger partial charge in [0.15, 0.2) is 11.5 Å². The van der Waals surface area contributed by atoms with Crippen molar-refractivity contribution in [2.24, 2.45) is 0 Å². The molecule has 0 saturated carbocycles. The maximum absolute atomic E-state index is 12.0. The number of carbonyl (C=O) groups excluding carboxylic acids is 2. The quantitative estimate of drug-likeness (QED) is 0.828. The normalized spacial score (nSPS) is 9.91. The first-order valence-electron chi connectivity index (χ1n) is 6.59. The van der Waals surface area contributed by atoms with Crippen molar-refractivity contribution in [2.75, 3.05) is 13.7 Å². The number of rotatable bonds is 5. The SMILES string of the molecule is CCOc1ccc(C(=O)NNC(=O)c2ccsc2)cc1OC. The lowest BCUT2D eigenvalue weighted by Crippen LogP contribution is -2.41. The molecule has 0 atom stereocenters. The summed E-state index contributed by atoms with van der Waals surface area (Å²) in [5, 5.41) is 3.48. The predicted molar refractivity (Wildman–Crippen MR) is 83.4 cm³/mol. The third-order valence-electron chi connectivity index (χ3n) is 2.80. The first-order chi connectivity index (χ1) is 10.7. The molecule has 116 valence electrons. The van der Waals surface area contributed by atoms with Crippen molar-refractivity contribution in [3.63, 3.8) is 0 Å². The van der Waals surface area contributed by atoms with E-state index in [9.17, 15) is 9.59 Å². The van der Waals surface area contributed by atoms with Gasteiger partial charge in [0.1, 0.15) is 0 Å². The van der Waals surface area contributed by atoms with E-state index in [-0.39, 0.29) is 5.91 Å². The van der Waals surface area contributed by atoms with Crippen molar-refractivity contribution < 1.29 is 19.1 Å². The third-order valence-corrected chi connectivity index (χ3v) is 3.48. The Morgan fingerprint density at radius 2 is 1.82 bits per heavy atom. The number of thiophene rings is 1. The maximum Gasteiger partial charge on any atom is 0.270 e. The van der Waals surface area contributed by atoms with E-state index in [2.05, 4.69) is 10.9 Å². The molecule has 1 aromatic heterocycles. The summed E-state index contributed by atoms with van der Waals surface area (Å²) in [6.07, 6.45) is 0. The van der Waals surface area contributed by atoms with Gasteiger partial charge in [-0.1, -0.05) is 0 Å². The van der Waals surface area contributed by atoms with Crippen molar-refractivity contribution in [2.45, 2.75) is 6.92 Å². The van der Waals surface area contributed by atoms with Crippen molar-refractivity contribution in [3.8, 4) is 11.5 Å². The Bertz CT molecular complexity index is 656. The summed E-state index contributed by atoms with van der Waals surface area (Å²) in [5.41, 5.74) is 5.56. The fourth-order valence-corrected chi connectivity index (χ4v) is 2.37. The zero-order valence-corrected chi connectivity index (χ0v) is 13.0. The van der Waals surface area contributed by atoms with Crippen molar-refractivity contribution in [1.82, 2.24) is 10.9 Å². The van der Waals surface area contributed by atoms with Crippen LogP contribution in [0.3, 0.4) is 0 Å². The lowest BCUT2D eigenvalue weighted by molar-refractivity contribution is 0.0847. The van der Waals surface area contributed by atoms with Crippen LogP contribution in [-0.2, 0) is 0 Å². The van der Waals surface area contributed by atoms with Crippen LogP contribution >= 0.6 is 11.3 Å². The summed E-state index contributed by atoms with van der Waals surface area (Å²) in [6, 6.07) is 6.47. The Labute approximate surface area is 132 Å². The summed E-state index contributed by atoms with van der Waals surface area (Å²) >= 11 is 1.41. The topological polar surface area (TPSA) is 76.7 Å². The number of carbonyl (C=O) groups is 2. The summed E-state index contributed by atoms with van der Waals surface area (Å²) in [6.45, 7) is 2.36. The molecule has 22 heavy (non-hydrogen) atoms. The van der Waals surface area contributed by atoms with Crippen LogP contribution in [0, 0.1) is 0 Å². The van der Waals surface area contributed by atoms with Gasteiger partial charge >= 0.3 is 0 Å². The first kappa shape index (κ1) is 15.8.